The van der Waals surface area contributed by atoms with E-state index < -0.39 is 0 Å². The SMILES string of the molecule is CC1CC2C(C=C1C(C)(C)C)c1cc(C(C)(C)C)ccc1N2C1=CC(C2=NC(c3ccccc3)NC(c3ccccc3)=N2)=C(N2C3C=CC(C(C)(C)C)=CC3C3C=C(C(C)(C)C)C=CC32)NC1. The third kappa shape index (κ3) is 8.20. The van der Waals surface area contributed by atoms with Crippen LogP contribution in [0.1, 0.15) is 131 Å². The molecule has 0 radical (unpaired) electrons. The van der Waals surface area contributed by atoms with Crippen LogP contribution in [0.3, 0.4) is 0 Å². The highest BCUT2D eigenvalue weighted by Crippen LogP contribution is 2.54. The molecule has 3 aliphatic carbocycles. The van der Waals surface area contributed by atoms with Crippen LogP contribution in [-0.4, -0.2) is 41.2 Å². The van der Waals surface area contributed by atoms with Crippen molar-refractivity contribution in [2.24, 2.45) is 44.0 Å². The summed E-state index contributed by atoms with van der Waals surface area (Å²) in [5.74, 6) is 4.05. The maximum absolute atomic E-state index is 5.61. The molecule has 7 aliphatic rings. The lowest BCUT2D eigenvalue weighted by molar-refractivity contribution is 0.277. The Kier molecular flexibility index (Phi) is 11.0. The van der Waals surface area contributed by atoms with Crippen LogP contribution < -0.4 is 15.5 Å². The van der Waals surface area contributed by atoms with Gasteiger partial charge in [-0.2, -0.15) is 0 Å². The average Bonchev–Trinajstić information content (AvgIpc) is 3.78. The number of likely N-dealkylation sites (tertiary alicyclic amines) is 1. The summed E-state index contributed by atoms with van der Waals surface area (Å²) in [6.45, 7) is 31.4. The molecule has 10 rings (SSSR count). The molecule has 1 fully saturated rings. The monoisotopic (exact) mass is 891 g/mol. The molecule has 0 amide bonds. The Morgan fingerprint density at radius 3 is 1.87 bits per heavy atom. The van der Waals surface area contributed by atoms with Crippen molar-refractivity contribution in [2.45, 2.75) is 132 Å². The molecule has 8 atom stereocenters. The highest BCUT2D eigenvalue weighted by Gasteiger charge is 2.51. The average molecular weight is 891 g/mol. The molecule has 6 heteroatoms. The second-order valence-corrected chi connectivity index (χ2v) is 24.5. The van der Waals surface area contributed by atoms with E-state index in [1.807, 2.05) is 0 Å². The summed E-state index contributed by atoms with van der Waals surface area (Å²) in [5.41, 5.74) is 13.3. The van der Waals surface area contributed by atoms with Crippen LogP contribution in [0.4, 0.5) is 5.69 Å². The molecule has 67 heavy (non-hydrogen) atoms. The molecule has 1 saturated heterocycles. The van der Waals surface area contributed by atoms with Crippen molar-refractivity contribution in [3.63, 3.8) is 0 Å². The number of aliphatic imine (C=N–C) groups is 2. The van der Waals surface area contributed by atoms with E-state index in [0.717, 1.165) is 40.6 Å². The highest BCUT2D eigenvalue weighted by atomic mass is 15.3. The quantitative estimate of drug-likeness (QED) is 0.251. The summed E-state index contributed by atoms with van der Waals surface area (Å²) in [6, 6.07) is 29.1. The van der Waals surface area contributed by atoms with Gasteiger partial charge < -0.3 is 20.4 Å². The first-order valence-corrected chi connectivity index (χ1v) is 25.1. The van der Waals surface area contributed by atoms with Gasteiger partial charge in [0.1, 0.15) is 17.8 Å². The fourth-order valence-electron chi connectivity index (χ4n) is 12.1. The number of amidine groups is 2. The first kappa shape index (κ1) is 45.2. The molecule has 4 aliphatic heterocycles. The predicted molar refractivity (Wildman–Crippen MR) is 281 cm³/mol. The Hall–Kier alpha value is -5.62. The van der Waals surface area contributed by atoms with E-state index in [1.54, 1.807) is 5.57 Å². The molecule has 8 unspecified atom stereocenters. The van der Waals surface area contributed by atoms with Crippen molar-refractivity contribution in [1.29, 1.82) is 0 Å². The molecule has 6 nitrogen and oxygen atoms in total. The van der Waals surface area contributed by atoms with Gasteiger partial charge in [-0.05, 0) is 74.0 Å². The molecule has 3 aromatic rings. The third-order valence-corrected chi connectivity index (χ3v) is 15.6. The Balaban J connectivity index is 1.19. The Morgan fingerprint density at radius 1 is 0.672 bits per heavy atom. The number of allylic oxidation sites excluding steroid dienone is 5. The summed E-state index contributed by atoms with van der Waals surface area (Å²) in [6.07, 6.45) is 20.9. The van der Waals surface area contributed by atoms with Crippen LogP contribution in [0.25, 0.3) is 0 Å². The number of nitrogens with one attached hydrogen (secondary N) is 2. The van der Waals surface area contributed by atoms with Gasteiger partial charge >= 0.3 is 0 Å². The van der Waals surface area contributed by atoms with E-state index in [2.05, 4.69) is 238 Å². The first-order chi connectivity index (χ1) is 31.6. The van der Waals surface area contributed by atoms with E-state index in [-0.39, 0.29) is 39.9 Å². The molecular formula is C61H74N6. The third-order valence-electron chi connectivity index (χ3n) is 15.6. The van der Waals surface area contributed by atoms with Gasteiger partial charge in [0, 0.05) is 40.7 Å². The number of benzene rings is 3. The smallest absolute Gasteiger partial charge is 0.163 e. The number of anilines is 1. The Morgan fingerprint density at radius 2 is 1.28 bits per heavy atom. The maximum atomic E-state index is 5.61. The van der Waals surface area contributed by atoms with Crippen molar-refractivity contribution in [3.05, 3.63) is 184 Å². The van der Waals surface area contributed by atoms with Crippen LogP contribution in [0.15, 0.2) is 171 Å². The fourth-order valence-corrected chi connectivity index (χ4v) is 12.1. The largest absolute Gasteiger partial charge is 0.366 e. The van der Waals surface area contributed by atoms with E-state index in [4.69, 9.17) is 9.98 Å². The van der Waals surface area contributed by atoms with E-state index in [1.165, 1.54) is 33.7 Å². The van der Waals surface area contributed by atoms with Crippen molar-refractivity contribution < 1.29 is 0 Å². The summed E-state index contributed by atoms with van der Waals surface area (Å²) in [7, 11) is 0. The van der Waals surface area contributed by atoms with Crippen LogP contribution in [0.2, 0.25) is 0 Å². The lowest BCUT2D eigenvalue weighted by Gasteiger charge is -2.43. The summed E-state index contributed by atoms with van der Waals surface area (Å²) >= 11 is 0. The number of rotatable bonds is 5. The highest BCUT2D eigenvalue weighted by molar-refractivity contribution is 6.14. The molecule has 4 heterocycles. The van der Waals surface area contributed by atoms with E-state index in [9.17, 15) is 0 Å². The number of dihydropyridines is 1. The summed E-state index contributed by atoms with van der Waals surface area (Å²) in [4.78, 5) is 16.6. The molecule has 348 valence electrons. The van der Waals surface area contributed by atoms with Crippen molar-refractivity contribution in [3.8, 4) is 0 Å². The molecule has 2 N–H and O–H groups in total. The van der Waals surface area contributed by atoms with Crippen LogP contribution >= 0.6 is 0 Å². The molecule has 0 saturated carbocycles. The van der Waals surface area contributed by atoms with E-state index >= 15 is 0 Å². The lowest BCUT2D eigenvalue weighted by Crippen LogP contribution is -2.47. The van der Waals surface area contributed by atoms with Crippen LogP contribution in [0, 0.1) is 34.0 Å². The van der Waals surface area contributed by atoms with Gasteiger partial charge in [-0.1, -0.05) is 211 Å². The van der Waals surface area contributed by atoms with Crippen molar-refractivity contribution >= 4 is 17.4 Å². The van der Waals surface area contributed by atoms with Gasteiger partial charge in [-0.15, -0.1) is 0 Å². The van der Waals surface area contributed by atoms with Crippen molar-refractivity contribution in [2.75, 3.05) is 11.4 Å². The van der Waals surface area contributed by atoms with Gasteiger partial charge in [0.15, 0.2) is 5.84 Å². The minimum atomic E-state index is -0.318. The second kappa shape index (κ2) is 16.3. The van der Waals surface area contributed by atoms with E-state index in [0.29, 0.717) is 36.3 Å². The van der Waals surface area contributed by atoms with Gasteiger partial charge in [-0.25, -0.2) is 9.98 Å². The normalized spacial score (nSPS) is 28.2. The molecule has 0 spiro atoms. The molecule has 3 aromatic carbocycles. The standard InChI is InChI=1S/C61H74N6/c1-37-30-53-47(35-49(37)61(11,12)13)46-33-40(58(2,3)4)24-27-50(46)66(53)43-34-48(56-64-54(38-20-16-14-17-21-38)63-55(65-56)39-22-18-15-19-23-39)57(62-36-43)67-51-28-25-41(59(5,6)7)31-44(51)45-32-42(60(8,9)10)26-29-52(45)67/h14-29,31-35,37,44-45,47,51-54,62H,30,36H2,1-13H3,(H,63,64,65). The molecule has 0 bridgehead atoms. The number of hydrogen-bond donors (Lipinski definition) is 2. The first-order valence-electron chi connectivity index (χ1n) is 25.1. The van der Waals surface area contributed by atoms with Gasteiger partial charge in [-0.3, -0.25) is 0 Å². The van der Waals surface area contributed by atoms with Crippen molar-refractivity contribution in [1.82, 2.24) is 15.5 Å². The summed E-state index contributed by atoms with van der Waals surface area (Å²) in [5, 5.41) is 7.95. The maximum Gasteiger partial charge on any atom is 0.163 e. The fraction of sp³-hybridized carbons (Fsp3) is 0.443. The van der Waals surface area contributed by atoms with Crippen LogP contribution in [0.5, 0.6) is 0 Å². The topological polar surface area (TPSA) is 55.3 Å². The Bertz CT molecular complexity index is 2680. The lowest BCUT2D eigenvalue weighted by atomic mass is 9.69. The second-order valence-electron chi connectivity index (χ2n) is 24.5. The predicted octanol–water partition coefficient (Wildman–Crippen LogP) is 13.5. The minimum absolute atomic E-state index is 0.0438. The van der Waals surface area contributed by atoms with Gasteiger partial charge in [0.25, 0.3) is 0 Å². The van der Waals surface area contributed by atoms with Crippen LogP contribution in [-0.2, 0) is 5.41 Å². The number of fused-ring (bicyclic) bond motifs is 6. The number of nitrogens with zero attached hydrogens (tertiary/aromatic N) is 4. The van der Waals surface area contributed by atoms with Gasteiger partial charge in [0.05, 0.1) is 24.2 Å². The minimum Gasteiger partial charge on any atom is -0.366 e. The zero-order chi connectivity index (χ0) is 47.4. The van der Waals surface area contributed by atoms with Gasteiger partial charge in [0.2, 0.25) is 0 Å². The number of hydrogen-bond acceptors (Lipinski definition) is 6. The summed E-state index contributed by atoms with van der Waals surface area (Å²) < 4.78 is 0. The zero-order valence-corrected chi connectivity index (χ0v) is 42.4. The zero-order valence-electron chi connectivity index (χ0n) is 42.4. The molecule has 0 aromatic heterocycles. The molecular weight excluding hydrogens is 817 g/mol. The Labute approximate surface area is 402 Å².